The Bertz CT molecular complexity index is 2190. The molecule has 276 valence electrons. The van der Waals surface area contributed by atoms with Crippen LogP contribution in [0.4, 0.5) is 0 Å². The number of rotatable bonds is 13. The third-order valence-corrected chi connectivity index (χ3v) is 10.8. The number of benzene rings is 3. The SMILES string of the molecule is COc1cc(-n2ncc3c(-c4cccc(-c5ccc(CN6CC7(CNC(=O)C7)C6)c(OC)n5)c4Cl)cccc32)cc(OC)c1CNCC(C)(C)C(N)=O. The Morgan fingerprint density at radius 1 is 1.00 bits per heavy atom. The Kier molecular flexibility index (Phi) is 9.79. The lowest BCUT2D eigenvalue weighted by Gasteiger charge is -2.47. The number of ether oxygens (including phenoxy) is 3. The second kappa shape index (κ2) is 14.3. The maximum Gasteiger partial charge on any atom is 0.224 e. The molecule has 2 fully saturated rings. The zero-order chi connectivity index (χ0) is 37.5. The van der Waals surface area contributed by atoms with Gasteiger partial charge in [-0.25, -0.2) is 9.67 Å². The molecule has 0 saturated carbocycles. The van der Waals surface area contributed by atoms with Crippen LogP contribution in [0.2, 0.25) is 5.02 Å². The summed E-state index contributed by atoms with van der Waals surface area (Å²) in [5.41, 5.74) is 11.6. The minimum atomic E-state index is -0.710. The lowest BCUT2D eigenvalue weighted by Crippen LogP contribution is -2.56. The Morgan fingerprint density at radius 3 is 2.36 bits per heavy atom. The van der Waals surface area contributed by atoms with E-state index in [9.17, 15) is 9.59 Å². The number of methoxy groups -OCH3 is 3. The van der Waals surface area contributed by atoms with Crippen LogP contribution in [-0.2, 0) is 22.7 Å². The van der Waals surface area contributed by atoms with Gasteiger partial charge in [0.1, 0.15) is 11.5 Å². The average Bonchev–Trinajstić information content (AvgIpc) is 3.75. The van der Waals surface area contributed by atoms with Crippen molar-refractivity contribution in [1.29, 1.82) is 0 Å². The summed E-state index contributed by atoms with van der Waals surface area (Å²) in [5.74, 6) is 1.54. The van der Waals surface area contributed by atoms with Gasteiger partial charge in [0.25, 0.3) is 0 Å². The van der Waals surface area contributed by atoms with Gasteiger partial charge in [-0.05, 0) is 31.5 Å². The molecule has 5 aromatic rings. The van der Waals surface area contributed by atoms with Crippen molar-refractivity contribution in [3.05, 3.63) is 83.0 Å². The first-order valence-corrected chi connectivity index (χ1v) is 17.9. The lowest BCUT2D eigenvalue weighted by atomic mass is 9.79. The van der Waals surface area contributed by atoms with Crippen molar-refractivity contribution >= 4 is 34.3 Å². The standard InChI is InChI=1S/C40H44ClN7O5/c1-39(2,38(42)50)20-43-17-30-33(51-3)14-25(15-34(30)52-4)48-32-11-7-8-26(29(32)18-45-48)27-9-6-10-28(36(27)41)31-13-12-24(37(46-31)53-5)19-47-22-40(23-47)16-35(49)44-21-40/h6-15,18,43H,16-17,19-23H2,1-5H3,(H2,42,50)(H,44,49). The monoisotopic (exact) mass is 737 g/mol. The number of carbonyl (C=O) groups is 2. The van der Waals surface area contributed by atoms with Gasteiger partial charge in [0.15, 0.2) is 0 Å². The summed E-state index contributed by atoms with van der Waals surface area (Å²) < 4.78 is 19.2. The highest BCUT2D eigenvalue weighted by molar-refractivity contribution is 6.36. The van der Waals surface area contributed by atoms with E-state index in [4.69, 9.17) is 41.6 Å². The van der Waals surface area contributed by atoms with Gasteiger partial charge in [0.2, 0.25) is 17.7 Å². The van der Waals surface area contributed by atoms with E-state index in [1.807, 2.05) is 71.5 Å². The highest BCUT2D eigenvalue weighted by Gasteiger charge is 2.48. The molecule has 12 nitrogen and oxygen atoms in total. The van der Waals surface area contributed by atoms with Gasteiger partial charge in [-0.15, -0.1) is 0 Å². The van der Waals surface area contributed by atoms with Gasteiger partial charge < -0.3 is 30.6 Å². The third-order valence-electron chi connectivity index (χ3n) is 10.4. The van der Waals surface area contributed by atoms with Gasteiger partial charge in [0, 0.05) is 85.3 Å². The highest BCUT2D eigenvalue weighted by Crippen LogP contribution is 2.42. The molecule has 53 heavy (non-hydrogen) atoms. The molecule has 0 bridgehead atoms. The van der Waals surface area contributed by atoms with Crippen molar-refractivity contribution in [1.82, 2.24) is 30.3 Å². The van der Waals surface area contributed by atoms with Crippen molar-refractivity contribution in [3.63, 3.8) is 0 Å². The van der Waals surface area contributed by atoms with Gasteiger partial charge >= 0.3 is 0 Å². The second-order valence-electron chi connectivity index (χ2n) is 14.6. The first kappa shape index (κ1) is 36.2. The van der Waals surface area contributed by atoms with Crippen LogP contribution >= 0.6 is 11.6 Å². The molecule has 2 aliphatic heterocycles. The van der Waals surface area contributed by atoms with E-state index < -0.39 is 5.41 Å². The molecular formula is C40H44ClN7O5. The Morgan fingerprint density at radius 2 is 1.70 bits per heavy atom. The molecule has 3 aromatic carbocycles. The number of nitrogens with zero attached hydrogens (tertiary/aromatic N) is 4. The molecule has 0 radical (unpaired) electrons. The predicted octanol–water partition coefficient (Wildman–Crippen LogP) is 5.36. The number of hydrogen-bond acceptors (Lipinski definition) is 9. The minimum absolute atomic E-state index is 0.0552. The number of fused-ring (bicyclic) bond motifs is 1. The van der Waals surface area contributed by atoms with E-state index in [0.29, 0.717) is 54.2 Å². The van der Waals surface area contributed by atoms with Crippen LogP contribution in [0, 0.1) is 10.8 Å². The smallest absolute Gasteiger partial charge is 0.224 e. The molecule has 4 heterocycles. The van der Waals surface area contributed by atoms with Crippen LogP contribution in [0.3, 0.4) is 0 Å². The number of nitrogens with one attached hydrogen (secondary N) is 2. The number of likely N-dealkylation sites (tertiary alicyclic amines) is 1. The van der Waals surface area contributed by atoms with Gasteiger partial charge in [-0.3, -0.25) is 14.5 Å². The summed E-state index contributed by atoms with van der Waals surface area (Å²) in [6.07, 6.45) is 2.43. The molecule has 2 saturated heterocycles. The number of amides is 2. The number of halogens is 1. The van der Waals surface area contributed by atoms with E-state index >= 15 is 0 Å². The molecule has 0 aliphatic carbocycles. The maximum atomic E-state index is 11.8. The number of carbonyl (C=O) groups excluding carboxylic acids is 2. The molecule has 7 rings (SSSR count). The molecule has 2 amide bonds. The van der Waals surface area contributed by atoms with Crippen LogP contribution in [-0.4, -0.2) is 79.0 Å². The van der Waals surface area contributed by atoms with Crippen molar-refractivity contribution in [2.45, 2.75) is 33.4 Å². The van der Waals surface area contributed by atoms with Crippen molar-refractivity contribution < 1.29 is 23.8 Å². The first-order valence-electron chi connectivity index (χ1n) is 17.5. The zero-order valence-electron chi connectivity index (χ0n) is 30.6. The number of primary amides is 1. The van der Waals surface area contributed by atoms with E-state index in [0.717, 1.165) is 64.0 Å². The van der Waals surface area contributed by atoms with E-state index in [-0.39, 0.29) is 17.2 Å². The minimum Gasteiger partial charge on any atom is -0.496 e. The highest BCUT2D eigenvalue weighted by atomic mass is 35.5. The van der Waals surface area contributed by atoms with E-state index in [2.05, 4.69) is 15.5 Å². The molecular weight excluding hydrogens is 694 g/mol. The van der Waals surface area contributed by atoms with Crippen molar-refractivity contribution in [3.8, 4) is 45.5 Å². The largest absolute Gasteiger partial charge is 0.496 e. The van der Waals surface area contributed by atoms with Crippen molar-refractivity contribution in [2.24, 2.45) is 16.6 Å². The average molecular weight is 738 g/mol. The number of aromatic nitrogens is 3. The van der Waals surface area contributed by atoms with Crippen LogP contribution in [0.1, 0.15) is 31.4 Å². The number of pyridine rings is 1. The Hall–Kier alpha value is -5.17. The fourth-order valence-electron chi connectivity index (χ4n) is 7.43. The topological polar surface area (TPSA) is 146 Å². The molecule has 1 spiro atoms. The van der Waals surface area contributed by atoms with Crippen LogP contribution < -0.4 is 30.6 Å². The summed E-state index contributed by atoms with van der Waals surface area (Å²) in [6, 6.07) is 19.8. The summed E-state index contributed by atoms with van der Waals surface area (Å²) in [5, 5.41) is 12.6. The molecule has 13 heteroatoms. The number of nitrogens with two attached hydrogens (primary N) is 1. The number of hydrogen-bond donors (Lipinski definition) is 3. The zero-order valence-corrected chi connectivity index (χ0v) is 31.3. The predicted molar refractivity (Wildman–Crippen MR) is 204 cm³/mol. The fraction of sp³-hybridized carbons (Fsp3) is 0.350. The van der Waals surface area contributed by atoms with Crippen molar-refractivity contribution in [2.75, 3.05) is 47.5 Å². The Balaban J connectivity index is 1.16. The molecule has 0 unspecified atom stereocenters. The van der Waals surface area contributed by atoms with Gasteiger partial charge in [0.05, 0.1) is 60.4 Å². The molecule has 2 aliphatic rings. The van der Waals surface area contributed by atoms with Crippen LogP contribution in [0.25, 0.3) is 39.0 Å². The molecule has 4 N–H and O–H groups in total. The summed E-state index contributed by atoms with van der Waals surface area (Å²) in [6.45, 7) is 7.58. The summed E-state index contributed by atoms with van der Waals surface area (Å²) >= 11 is 7.20. The van der Waals surface area contributed by atoms with Crippen LogP contribution in [0.15, 0.2) is 66.9 Å². The van der Waals surface area contributed by atoms with E-state index in [1.54, 1.807) is 35.2 Å². The second-order valence-corrected chi connectivity index (χ2v) is 15.0. The lowest BCUT2D eigenvalue weighted by molar-refractivity contribution is -0.125. The quantitative estimate of drug-likeness (QED) is 0.146. The normalized spacial score (nSPS) is 15.4. The molecule has 2 aromatic heterocycles. The summed E-state index contributed by atoms with van der Waals surface area (Å²) in [4.78, 5) is 30.8. The van der Waals surface area contributed by atoms with E-state index in [1.165, 1.54) is 0 Å². The maximum absolute atomic E-state index is 11.8. The van der Waals surface area contributed by atoms with Crippen LogP contribution in [0.5, 0.6) is 17.4 Å². The first-order chi connectivity index (χ1) is 25.5. The molecule has 0 atom stereocenters. The summed E-state index contributed by atoms with van der Waals surface area (Å²) in [7, 11) is 4.86. The van der Waals surface area contributed by atoms with Gasteiger partial charge in [-0.1, -0.05) is 48.0 Å². The van der Waals surface area contributed by atoms with Gasteiger partial charge in [-0.2, -0.15) is 5.10 Å². The Labute approximate surface area is 313 Å². The fourth-order valence-corrected chi connectivity index (χ4v) is 7.75. The third kappa shape index (κ3) is 6.90.